The zero-order valence-corrected chi connectivity index (χ0v) is 16.7. The van der Waals surface area contributed by atoms with Crippen LogP contribution in [-0.2, 0) is 25.5 Å². The van der Waals surface area contributed by atoms with Crippen molar-refractivity contribution >= 4 is 23.5 Å². The topological polar surface area (TPSA) is 84.5 Å². The van der Waals surface area contributed by atoms with Crippen LogP contribution in [0.4, 0.5) is 5.69 Å². The van der Waals surface area contributed by atoms with Gasteiger partial charge in [-0.3, -0.25) is 14.4 Å². The summed E-state index contributed by atoms with van der Waals surface area (Å²) in [6, 6.07) is 13.2. The van der Waals surface area contributed by atoms with Crippen molar-refractivity contribution in [3.8, 4) is 0 Å². The molecule has 0 bridgehead atoms. The van der Waals surface area contributed by atoms with E-state index in [0.717, 1.165) is 27.9 Å². The first-order chi connectivity index (χ1) is 13.3. The first-order valence-corrected chi connectivity index (χ1v) is 9.15. The Kier molecular flexibility index (Phi) is 7.32. The average Bonchev–Trinajstić information content (AvgIpc) is 2.64. The molecule has 2 N–H and O–H groups in total. The van der Waals surface area contributed by atoms with Crippen LogP contribution in [-0.4, -0.2) is 30.4 Å². The molecule has 2 amide bonds. The summed E-state index contributed by atoms with van der Waals surface area (Å²) < 4.78 is 5.18. The van der Waals surface area contributed by atoms with Crippen LogP contribution >= 0.6 is 0 Å². The van der Waals surface area contributed by atoms with Gasteiger partial charge < -0.3 is 15.4 Å². The molecule has 1 unspecified atom stereocenters. The van der Waals surface area contributed by atoms with Gasteiger partial charge in [0.1, 0.15) is 0 Å². The Bertz CT molecular complexity index is 856. The number of benzene rings is 2. The van der Waals surface area contributed by atoms with Crippen molar-refractivity contribution in [1.82, 2.24) is 5.32 Å². The molecule has 0 aliphatic rings. The lowest BCUT2D eigenvalue weighted by Gasteiger charge is -2.15. The maximum atomic E-state index is 12.1. The summed E-state index contributed by atoms with van der Waals surface area (Å²) in [7, 11) is 0. The molecule has 0 heterocycles. The van der Waals surface area contributed by atoms with Crippen LogP contribution in [0.25, 0.3) is 0 Å². The number of rotatable bonds is 7. The highest BCUT2D eigenvalue weighted by molar-refractivity contribution is 5.96. The minimum Gasteiger partial charge on any atom is -0.452 e. The number of hydrogen-bond acceptors (Lipinski definition) is 4. The van der Waals surface area contributed by atoms with E-state index in [1.807, 2.05) is 63.2 Å². The molecule has 2 aromatic rings. The molecule has 0 radical (unpaired) electrons. The number of ether oxygens (including phenoxy) is 1. The Morgan fingerprint density at radius 3 is 2.18 bits per heavy atom. The molecule has 0 fully saturated rings. The van der Waals surface area contributed by atoms with Crippen molar-refractivity contribution in [3.63, 3.8) is 0 Å². The number of nitrogens with one attached hydrogen (secondary N) is 2. The summed E-state index contributed by atoms with van der Waals surface area (Å²) in [5, 5.41) is 5.28. The molecule has 6 nitrogen and oxygen atoms in total. The molecule has 148 valence electrons. The van der Waals surface area contributed by atoms with Gasteiger partial charge in [0.25, 0.3) is 5.91 Å². The normalized spacial score (nSPS) is 11.4. The minimum absolute atomic E-state index is 0.0946. The number of carbonyl (C=O) groups is 3. The number of aryl methyl sites for hydroxylation is 3. The molecule has 0 aliphatic heterocycles. The van der Waals surface area contributed by atoms with E-state index >= 15 is 0 Å². The average molecular weight is 382 g/mol. The van der Waals surface area contributed by atoms with Crippen LogP contribution in [0.3, 0.4) is 0 Å². The van der Waals surface area contributed by atoms with Crippen LogP contribution < -0.4 is 10.6 Å². The standard InChI is InChI=1S/C22H26N2O4/c1-14-8-5-6-11-18(14)12-20(26)28-17(4)22(27)23-13-19(25)24-21-15(2)9-7-10-16(21)3/h5-11,17H,12-13H2,1-4H3,(H,23,27)(H,24,25). The van der Waals surface area contributed by atoms with Crippen molar-refractivity contribution in [3.05, 3.63) is 64.7 Å². The van der Waals surface area contributed by atoms with Crippen LogP contribution in [0.15, 0.2) is 42.5 Å². The number of amides is 2. The molecular weight excluding hydrogens is 356 g/mol. The fourth-order valence-corrected chi connectivity index (χ4v) is 2.76. The fourth-order valence-electron chi connectivity index (χ4n) is 2.76. The molecule has 0 saturated heterocycles. The quantitative estimate of drug-likeness (QED) is 0.721. The zero-order valence-electron chi connectivity index (χ0n) is 16.7. The zero-order chi connectivity index (χ0) is 20.7. The molecule has 0 aromatic heterocycles. The SMILES string of the molecule is Cc1ccccc1CC(=O)OC(C)C(=O)NCC(=O)Nc1c(C)cccc1C. The summed E-state index contributed by atoms with van der Waals surface area (Å²) >= 11 is 0. The van der Waals surface area contributed by atoms with Crippen molar-refractivity contribution in [2.75, 3.05) is 11.9 Å². The maximum absolute atomic E-state index is 12.1. The van der Waals surface area contributed by atoms with Crippen LogP contribution in [0.1, 0.15) is 29.2 Å². The Morgan fingerprint density at radius 2 is 1.54 bits per heavy atom. The second-order valence-corrected chi connectivity index (χ2v) is 6.77. The summed E-state index contributed by atoms with van der Waals surface area (Å²) in [5.41, 5.74) is 4.46. The minimum atomic E-state index is -0.982. The van der Waals surface area contributed by atoms with Crippen molar-refractivity contribution in [2.24, 2.45) is 0 Å². The summed E-state index contributed by atoms with van der Waals surface area (Å²) in [4.78, 5) is 36.3. The first-order valence-electron chi connectivity index (χ1n) is 9.15. The maximum Gasteiger partial charge on any atom is 0.311 e. The lowest BCUT2D eigenvalue weighted by Crippen LogP contribution is -2.40. The lowest BCUT2D eigenvalue weighted by atomic mass is 10.1. The van der Waals surface area contributed by atoms with E-state index in [1.165, 1.54) is 6.92 Å². The van der Waals surface area contributed by atoms with E-state index in [0.29, 0.717) is 0 Å². The van der Waals surface area contributed by atoms with Gasteiger partial charge >= 0.3 is 5.97 Å². The van der Waals surface area contributed by atoms with E-state index in [2.05, 4.69) is 10.6 Å². The molecular formula is C22H26N2O4. The van der Waals surface area contributed by atoms with Crippen molar-refractivity contribution in [1.29, 1.82) is 0 Å². The third-order valence-electron chi connectivity index (χ3n) is 4.44. The van der Waals surface area contributed by atoms with Gasteiger partial charge in [-0.05, 0) is 49.9 Å². The highest BCUT2D eigenvalue weighted by Crippen LogP contribution is 2.19. The van der Waals surface area contributed by atoms with Gasteiger partial charge in [-0.25, -0.2) is 0 Å². The van der Waals surface area contributed by atoms with E-state index in [-0.39, 0.29) is 18.9 Å². The Balaban J connectivity index is 1.81. The van der Waals surface area contributed by atoms with E-state index < -0.39 is 18.0 Å². The van der Waals surface area contributed by atoms with Gasteiger partial charge in [-0.15, -0.1) is 0 Å². The number of esters is 1. The predicted octanol–water partition coefficient (Wildman–Crippen LogP) is 2.84. The second kappa shape index (κ2) is 9.69. The van der Waals surface area contributed by atoms with E-state index in [1.54, 1.807) is 0 Å². The Hall–Kier alpha value is -3.15. The van der Waals surface area contributed by atoms with Crippen molar-refractivity contribution in [2.45, 2.75) is 40.2 Å². The molecule has 2 aromatic carbocycles. The number of para-hydroxylation sites is 1. The van der Waals surface area contributed by atoms with Gasteiger partial charge in [0.05, 0.1) is 13.0 Å². The lowest BCUT2D eigenvalue weighted by molar-refractivity contribution is -0.154. The first kappa shape index (κ1) is 21.2. The van der Waals surface area contributed by atoms with Gasteiger partial charge in [0.15, 0.2) is 6.10 Å². The molecule has 0 aliphatic carbocycles. The highest BCUT2D eigenvalue weighted by Gasteiger charge is 2.19. The van der Waals surface area contributed by atoms with Crippen LogP contribution in [0.2, 0.25) is 0 Å². The summed E-state index contributed by atoms with van der Waals surface area (Å²) in [5.74, 6) is -1.35. The van der Waals surface area contributed by atoms with E-state index in [9.17, 15) is 14.4 Å². The largest absolute Gasteiger partial charge is 0.452 e. The highest BCUT2D eigenvalue weighted by atomic mass is 16.5. The Labute approximate surface area is 165 Å². The predicted molar refractivity (Wildman–Crippen MR) is 108 cm³/mol. The Morgan fingerprint density at radius 1 is 0.929 bits per heavy atom. The van der Waals surface area contributed by atoms with Gasteiger partial charge in [-0.1, -0.05) is 42.5 Å². The molecule has 6 heteroatoms. The third kappa shape index (κ3) is 5.94. The molecule has 28 heavy (non-hydrogen) atoms. The van der Waals surface area contributed by atoms with Gasteiger partial charge in [0, 0.05) is 5.69 Å². The molecule has 0 saturated carbocycles. The molecule has 0 spiro atoms. The smallest absolute Gasteiger partial charge is 0.311 e. The number of carbonyl (C=O) groups excluding carboxylic acids is 3. The van der Waals surface area contributed by atoms with Crippen LogP contribution in [0, 0.1) is 20.8 Å². The fraction of sp³-hybridized carbons (Fsp3) is 0.318. The summed E-state index contributed by atoms with van der Waals surface area (Å²) in [6.07, 6.45) is -0.887. The number of hydrogen-bond donors (Lipinski definition) is 2. The van der Waals surface area contributed by atoms with Gasteiger partial charge in [0.2, 0.25) is 5.91 Å². The molecule has 2 rings (SSSR count). The third-order valence-corrected chi connectivity index (χ3v) is 4.44. The summed E-state index contributed by atoms with van der Waals surface area (Å²) in [6.45, 7) is 6.99. The number of anilines is 1. The molecule has 1 atom stereocenters. The van der Waals surface area contributed by atoms with Crippen molar-refractivity contribution < 1.29 is 19.1 Å². The van der Waals surface area contributed by atoms with Gasteiger partial charge in [-0.2, -0.15) is 0 Å². The van der Waals surface area contributed by atoms with E-state index in [4.69, 9.17) is 4.74 Å². The monoisotopic (exact) mass is 382 g/mol. The van der Waals surface area contributed by atoms with Crippen LogP contribution in [0.5, 0.6) is 0 Å². The second-order valence-electron chi connectivity index (χ2n) is 6.77.